The lowest BCUT2D eigenvalue weighted by Crippen LogP contribution is -2.61. The van der Waals surface area contributed by atoms with Crippen molar-refractivity contribution in [2.24, 2.45) is 17.8 Å². The van der Waals surface area contributed by atoms with Gasteiger partial charge in [0.05, 0.1) is 30.5 Å². The second kappa shape index (κ2) is 6.48. The van der Waals surface area contributed by atoms with Crippen LogP contribution >= 0.6 is 0 Å². The van der Waals surface area contributed by atoms with Crippen LogP contribution in [0.25, 0.3) is 0 Å². The molecule has 1 amide bonds. The molecule has 4 aliphatic carbocycles. The fraction of sp³-hybridized carbons (Fsp3) is 0.778. The van der Waals surface area contributed by atoms with E-state index in [0.717, 1.165) is 30.1 Å². The highest BCUT2D eigenvalue weighted by Gasteiger charge is 2.55. The van der Waals surface area contributed by atoms with Crippen LogP contribution in [0.1, 0.15) is 48.2 Å². The van der Waals surface area contributed by atoms with Gasteiger partial charge in [0.2, 0.25) is 0 Å². The summed E-state index contributed by atoms with van der Waals surface area (Å²) in [6, 6.07) is -0.183. The topological polar surface area (TPSA) is 76.4 Å². The Bertz CT molecular complexity index is 717. The summed E-state index contributed by atoms with van der Waals surface area (Å²) in [6.07, 6.45) is 0.180. The Balaban J connectivity index is 1.55. The average Bonchev–Trinajstić information content (AvgIpc) is 2.99. The van der Waals surface area contributed by atoms with Gasteiger partial charge in [0.15, 0.2) is 5.69 Å². The summed E-state index contributed by atoms with van der Waals surface area (Å²) in [6.45, 7) is -0.0133. The van der Waals surface area contributed by atoms with Gasteiger partial charge in [-0.25, -0.2) is 0 Å². The zero-order chi connectivity index (χ0) is 19.4. The van der Waals surface area contributed by atoms with E-state index in [1.807, 2.05) is 0 Å². The van der Waals surface area contributed by atoms with E-state index < -0.39 is 28.9 Å². The van der Waals surface area contributed by atoms with E-state index in [1.165, 1.54) is 7.11 Å². The molecule has 1 heterocycles. The molecule has 150 valence electrons. The third-order valence-corrected chi connectivity index (χ3v) is 6.40. The summed E-state index contributed by atoms with van der Waals surface area (Å²) in [4.78, 5) is 12.7. The zero-order valence-corrected chi connectivity index (χ0v) is 15.1. The van der Waals surface area contributed by atoms with Crippen LogP contribution < -0.4 is 5.32 Å². The Morgan fingerprint density at radius 3 is 2.59 bits per heavy atom. The zero-order valence-electron chi connectivity index (χ0n) is 15.1. The second-order valence-corrected chi connectivity index (χ2v) is 8.31. The number of aromatic nitrogens is 2. The molecule has 4 saturated carbocycles. The molecule has 2 unspecified atom stereocenters. The van der Waals surface area contributed by atoms with Gasteiger partial charge >= 0.3 is 6.18 Å². The number of methoxy groups -OCH3 is 1. The molecule has 27 heavy (non-hydrogen) atoms. The van der Waals surface area contributed by atoms with E-state index in [9.17, 15) is 23.1 Å². The molecule has 6 nitrogen and oxygen atoms in total. The Labute approximate surface area is 155 Å². The average molecular weight is 387 g/mol. The maximum atomic E-state index is 13.5. The standard InChI is InChI=1S/C18H24F3N3O3/c1-27-3-2-24-15(18(19,20)21)13(9-22-24)16(25)23-14-11-4-10-5-12(14)8-17(26,6-10)7-11/h9-12,14,26H,2-8H2,1H3,(H,23,25)/t10?,11?,12?,14-,17-. The highest BCUT2D eigenvalue weighted by Crippen LogP contribution is 2.55. The number of nitrogens with one attached hydrogen (secondary N) is 1. The normalized spacial score (nSPS) is 34.9. The quantitative estimate of drug-likeness (QED) is 0.812. The van der Waals surface area contributed by atoms with Crippen molar-refractivity contribution in [3.05, 3.63) is 17.5 Å². The van der Waals surface area contributed by atoms with Gasteiger partial charge in [-0.2, -0.15) is 18.3 Å². The van der Waals surface area contributed by atoms with Gasteiger partial charge in [-0.3, -0.25) is 9.48 Å². The van der Waals surface area contributed by atoms with Crippen LogP contribution in [0.2, 0.25) is 0 Å². The minimum atomic E-state index is -4.68. The van der Waals surface area contributed by atoms with Crippen molar-refractivity contribution in [2.75, 3.05) is 13.7 Å². The molecule has 1 aromatic rings. The van der Waals surface area contributed by atoms with Crippen LogP contribution in [0, 0.1) is 17.8 Å². The SMILES string of the molecule is COCCn1ncc(C(=O)N[C@H]2C3CC4CC2C[C@](O)(C4)C3)c1C(F)(F)F. The molecule has 1 aromatic heterocycles. The highest BCUT2D eigenvalue weighted by atomic mass is 19.4. The molecule has 0 radical (unpaired) electrons. The van der Waals surface area contributed by atoms with Crippen molar-refractivity contribution < 1.29 is 27.8 Å². The Morgan fingerprint density at radius 1 is 1.37 bits per heavy atom. The van der Waals surface area contributed by atoms with Crippen molar-refractivity contribution >= 4 is 5.91 Å². The number of carbonyl (C=O) groups is 1. The number of amides is 1. The summed E-state index contributed by atoms with van der Waals surface area (Å²) in [7, 11) is 1.39. The number of hydrogen-bond acceptors (Lipinski definition) is 4. The molecule has 4 bridgehead atoms. The molecule has 0 spiro atoms. The van der Waals surface area contributed by atoms with Crippen LogP contribution in [0.5, 0.6) is 0 Å². The lowest BCUT2D eigenvalue weighted by molar-refractivity contribution is -0.144. The fourth-order valence-electron chi connectivity index (χ4n) is 5.64. The van der Waals surface area contributed by atoms with Crippen molar-refractivity contribution in [3.63, 3.8) is 0 Å². The molecule has 5 rings (SSSR count). The summed E-state index contributed by atoms with van der Waals surface area (Å²) < 4.78 is 46.2. The third-order valence-electron chi connectivity index (χ3n) is 6.40. The molecule has 4 aliphatic rings. The Kier molecular flexibility index (Phi) is 4.50. The van der Waals surface area contributed by atoms with Gasteiger partial charge < -0.3 is 15.2 Å². The first-order valence-corrected chi connectivity index (χ1v) is 9.35. The number of carbonyl (C=O) groups excluding carboxylic acids is 1. The number of hydrogen-bond donors (Lipinski definition) is 2. The molecule has 0 aromatic carbocycles. The van der Waals surface area contributed by atoms with E-state index in [4.69, 9.17) is 4.74 Å². The smallest absolute Gasteiger partial charge is 0.390 e. The summed E-state index contributed by atoms with van der Waals surface area (Å²) in [5.74, 6) is -0.0233. The molecule has 2 N–H and O–H groups in total. The third kappa shape index (κ3) is 3.35. The Hall–Kier alpha value is -1.61. The van der Waals surface area contributed by atoms with Gasteiger partial charge in [-0.15, -0.1) is 0 Å². The number of rotatable bonds is 5. The van der Waals surface area contributed by atoms with Gasteiger partial charge in [0.25, 0.3) is 5.91 Å². The van der Waals surface area contributed by atoms with Gasteiger partial charge in [0, 0.05) is 13.2 Å². The monoisotopic (exact) mass is 387 g/mol. The highest BCUT2D eigenvalue weighted by molar-refractivity contribution is 5.95. The minimum Gasteiger partial charge on any atom is -0.390 e. The van der Waals surface area contributed by atoms with Crippen molar-refractivity contribution in [3.8, 4) is 0 Å². The molecule has 9 heteroatoms. The first-order chi connectivity index (χ1) is 12.7. The van der Waals surface area contributed by atoms with E-state index in [0.29, 0.717) is 18.8 Å². The largest absolute Gasteiger partial charge is 0.433 e. The van der Waals surface area contributed by atoms with Crippen LogP contribution in [0.4, 0.5) is 13.2 Å². The predicted octanol–water partition coefficient (Wildman–Crippen LogP) is 2.22. The molecule has 2 atom stereocenters. The van der Waals surface area contributed by atoms with Crippen LogP contribution in [-0.2, 0) is 17.5 Å². The van der Waals surface area contributed by atoms with Crippen LogP contribution in [-0.4, -0.2) is 46.2 Å². The first-order valence-electron chi connectivity index (χ1n) is 9.35. The first kappa shape index (κ1) is 18.7. The summed E-state index contributed by atoms with van der Waals surface area (Å²) >= 11 is 0. The molecule has 4 fully saturated rings. The molecule has 0 saturated heterocycles. The van der Waals surface area contributed by atoms with E-state index in [1.54, 1.807) is 0 Å². The minimum absolute atomic E-state index is 0.0680. The number of aliphatic hydroxyl groups is 1. The van der Waals surface area contributed by atoms with Crippen molar-refractivity contribution in [2.45, 2.75) is 56.5 Å². The van der Waals surface area contributed by atoms with Crippen LogP contribution in [0.15, 0.2) is 6.20 Å². The fourth-order valence-corrected chi connectivity index (χ4v) is 5.64. The van der Waals surface area contributed by atoms with E-state index in [2.05, 4.69) is 10.4 Å². The number of halogens is 3. The van der Waals surface area contributed by atoms with Crippen LogP contribution in [0.3, 0.4) is 0 Å². The lowest BCUT2D eigenvalue weighted by Gasteiger charge is -2.58. The number of alkyl halides is 3. The molecular weight excluding hydrogens is 363 g/mol. The summed E-state index contributed by atoms with van der Waals surface area (Å²) in [5, 5.41) is 17.2. The van der Waals surface area contributed by atoms with E-state index >= 15 is 0 Å². The lowest BCUT2D eigenvalue weighted by atomic mass is 9.52. The number of nitrogens with zero attached hydrogens (tertiary/aromatic N) is 2. The van der Waals surface area contributed by atoms with Crippen molar-refractivity contribution in [1.29, 1.82) is 0 Å². The number of ether oxygens (including phenoxy) is 1. The second-order valence-electron chi connectivity index (χ2n) is 8.31. The van der Waals surface area contributed by atoms with Gasteiger partial charge in [-0.1, -0.05) is 0 Å². The maximum Gasteiger partial charge on any atom is 0.433 e. The van der Waals surface area contributed by atoms with Gasteiger partial charge in [-0.05, 0) is 49.9 Å². The maximum absolute atomic E-state index is 13.5. The van der Waals surface area contributed by atoms with E-state index in [-0.39, 0.29) is 31.0 Å². The van der Waals surface area contributed by atoms with Crippen molar-refractivity contribution in [1.82, 2.24) is 15.1 Å². The summed E-state index contributed by atoms with van der Waals surface area (Å²) in [5.41, 5.74) is -2.15. The van der Waals surface area contributed by atoms with Gasteiger partial charge in [0.1, 0.15) is 0 Å². The molecular formula is C18H24F3N3O3. The predicted molar refractivity (Wildman–Crippen MR) is 88.9 cm³/mol. The molecule has 0 aliphatic heterocycles. The Morgan fingerprint density at radius 2 is 2.04 bits per heavy atom.